The van der Waals surface area contributed by atoms with Crippen LogP contribution in [0.2, 0.25) is 0 Å². The summed E-state index contributed by atoms with van der Waals surface area (Å²) in [5, 5.41) is 4.49. The number of sulfonamides is 1. The van der Waals surface area contributed by atoms with E-state index in [4.69, 9.17) is 4.74 Å². The number of carbonyl (C=O) groups excluding carboxylic acids is 1. The van der Waals surface area contributed by atoms with Crippen LogP contribution in [0.1, 0.15) is 59.6 Å². The van der Waals surface area contributed by atoms with Crippen LogP contribution in [0.4, 0.5) is 0 Å². The van der Waals surface area contributed by atoms with Crippen molar-refractivity contribution in [3.05, 3.63) is 83.8 Å². The Hall–Kier alpha value is -3.72. The molecule has 0 atom stereocenters. The summed E-state index contributed by atoms with van der Waals surface area (Å²) in [6.07, 6.45) is 9.60. The number of rotatable bonds is 7. The second-order valence-electron chi connectivity index (χ2n) is 9.19. The summed E-state index contributed by atoms with van der Waals surface area (Å²) in [5.41, 5.74) is 4.51. The molecule has 9 heteroatoms. The monoisotopic (exact) mass is 504 g/mol. The number of ether oxygens (including phenoxy) is 1. The van der Waals surface area contributed by atoms with E-state index < -0.39 is 15.9 Å². The Labute approximate surface area is 210 Å². The third-order valence-electron chi connectivity index (χ3n) is 6.49. The van der Waals surface area contributed by atoms with Gasteiger partial charge in [-0.15, -0.1) is 0 Å². The van der Waals surface area contributed by atoms with Gasteiger partial charge < -0.3 is 4.74 Å². The molecule has 0 unspecified atom stereocenters. The van der Waals surface area contributed by atoms with E-state index in [1.54, 1.807) is 10.7 Å². The van der Waals surface area contributed by atoms with E-state index >= 15 is 0 Å². The number of nitrogens with zero attached hydrogens (tertiary/aromatic N) is 3. The maximum atomic E-state index is 12.6. The predicted octanol–water partition coefficient (Wildman–Crippen LogP) is 4.71. The molecule has 0 saturated heterocycles. The molecular formula is C27H28N4O4S. The van der Waals surface area contributed by atoms with Gasteiger partial charge >= 0.3 is 0 Å². The lowest BCUT2D eigenvalue weighted by atomic mass is 9.84. The van der Waals surface area contributed by atoms with Gasteiger partial charge in [0.15, 0.2) is 5.65 Å². The molecule has 5 rings (SSSR count). The van der Waals surface area contributed by atoms with E-state index in [1.807, 2.05) is 59.3 Å². The molecule has 0 spiro atoms. The van der Waals surface area contributed by atoms with Crippen molar-refractivity contribution in [3.8, 4) is 16.9 Å². The van der Waals surface area contributed by atoms with Crippen LogP contribution in [0, 0.1) is 0 Å². The van der Waals surface area contributed by atoms with E-state index in [9.17, 15) is 13.2 Å². The number of hydrogen-bond donors (Lipinski definition) is 1. The Kier molecular flexibility index (Phi) is 6.73. The van der Waals surface area contributed by atoms with Gasteiger partial charge in [0.25, 0.3) is 5.91 Å². The highest BCUT2D eigenvalue weighted by Gasteiger charge is 2.26. The van der Waals surface area contributed by atoms with Crippen molar-refractivity contribution >= 4 is 21.6 Å². The molecule has 1 aliphatic rings. The normalized spacial score (nSPS) is 14.6. The van der Waals surface area contributed by atoms with Crippen LogP contribution in [-0.2, 0) is 16.6 Å². The maximum Gasteiger partial charge on any atom is 0.270 e. The summed E-state index contributed by atoms with van der Waals surface area (Å²) in [7, 11) is -3.70. The smallest absolute Gasteiger partial charge is 0.270 e. The summed E-state index contributed by atoms with van der Waals surface area (Å²) in [4.78, 5) is 17.1. The summed E-state index contributed by atoms with van der Waals surface area (Å²) in [6.45, 7) is 0.493. The lowest BCUT2D eigenvalue weighted by Gasteiger charge is -2.25. The Balaban J connectivity index is 1.49. The molecule has 1 saturated carbocycles. The van der Waals surface area contributed by atoms with Crippen molar-refractivity contribution in [2.24, 2.45) is 0 Å². The van der Waals surface area contributed by atoms with Crippen molar-refractivity contribution in [2.45, 2.75) is 44.6 Å². The van der Waals surface area contributed by atoms with Gasteiger partial charge in [0.1, 0.15) is 17.9 Å². The Bertz CT molecular complexity index is 1480. The summed E-state index contributed by atoms with van der Waals surface area (Å²) >= 11 is 0. The lowest BCUT2D eigenvalue weighted by molar-refractivity contribution is 0.0983. The highest BCUT2D eigenvalue weighted by Crippen LogP contribution is 2.38. The Morgan fingerprint density at radius 3 is 2.44 bits per heavy atom. The van der Waals surface area contributed by atoms with Gasteiger partial charge in [-0.05, 0) is 36.1 Å². The molecule has 4 aromatic rings. The third kappa shape index (κ3) is 5.26. The second-order valence-corrected chi connectivity index (χ2v) is 10.9. The molecule has 1 N–H and O–H groups in total. The molecule has 0 bridgehead atoms. The molecule has 186 valence electrons. The average Bonchev–Trinajstić information content (AvgIpc) is 3.32. The quantitative estimate of drug-likeness (QED) is 0.391. The summed E-state index contributed by atoms with van der Waals surface area (Å²) in [5.74, 6) is 0.302. The van der Waals surface area contributed by atoms with Crippen molar-refractivity contribution in [1.29, 1.82) is 0 Å². The van der Waals surface area contributed by atoms with Crippen LogP contribution < -0.4 is 9.46 Å². The Morgan fingerprint density at radius 1 is 1.03 bits per heavy atom. The van der Waals surface area contributed by atoms with Crippen LogP contribution in [0.15, 0.2) is 67.0 Å². The fraction of sp³-hybridized carbons (Fsp3) is 0.296. The highest BCUT2D eigenvalue weighted by molar-refractivity contribution is 7.89. The van der Waals surface area contributed by atoms with E-state index in [-0.39, 0.29) is 11.5 Å². The Morgan fingerprint density at radius 2 is 1.75 bits per heavy atom. The number of hydrogen-bond acceptors (Lipinski definition) is 6. The highest BCUT2D eigenvalue weighted by atomic mass is 32.2. The fourth-order valence-corrected chi connectivity index (χ4v) is 5.24. The zero-order valence-corrected chi connectivity index (χ0v) is 20.9. The number of aromatic nitrogens is 3. The van der Waals surface area contributed by atoms with E-state index in [1.165, 1.54) is 12.6 Å². The number of benzene rings is 2. The minimum absolute atomic E-state index is 0.133. The molecule has 0 aliphatic heterocycles. The standard InChI is InChI=1S/C27H28N4O4S/c1-36(33,34)30-27(32)24-17-29-31-25(21-10-6-3-7-11-21)23(16-28-26(24)31)20-12-14-22(15-13-20)35-18-19-8-4-2-5-9-19/h2,4-5,8-9,12-17,21H,3,6-7,10-11,18H2,1H3,(H,30,32). The SMILES string of the molecule is CS(=O)(=O)NC(=O)c1cnn2c(C3CCCCC3)c(-c3ccc(OCc4ccccc4)cc3)cnc12. The van der Waals surface area contributed by atoms with Gasteiger partial charge in [0, 0.05) is 17.7 Å². The molecule has 2 heterocycles. The predicted molar refractivity (Wildman–Crippen MR) is 137 cm³/mol. The molecule has 8 nitrogen and oxygen atoms in total. The number of fused-ring (bicyclic) bond motifs is 1. The summed E-state index contributed by atoms with van der Waals surface area (Å²) < 4.78 is 32.9. The van der Waals surface area contributed by atoms with Crippen LogP contribution in [0.5, 0.6) is 5.75 Å². The second kappa shape index (κ2) is 10.1. The molecule has 1 fully saturated rings. The van der Waals surface area contributed by atoms with Gasteiger partial charge in [0.2, 0.25) is 10.0 Å². The van der Waals surface area contributed by atoms with E-state index in [0.717, 1.165) is 60.1 Å². The molecular weight excluding hydrogens is 476 g/mol. The van der Waals surface area contributed by atoms with Gasteiger partial charge in [-0.25, -0.2) is 22.6 Å². The first kappa shape index (κ1) is 24.0. The van der Waals surface area contributed by atoms with Crippen LogP contribution in [0.3, 0.4) is 0 Å². The first-order valence-corrected chi connectivity index (χ1v) is 13.9. The van der Waals surface area contributed by atoms with E-state index in [2.05, 4.69) is 10.1 Å². The largest absolute Gasteiger partial charge is 0.489 e. The zero-order chi connectivity index (χ0) is 25.1. The van der Waals surface area contributed by atoms with Gasteiger partial charge in [0.05, 0.1) is 18.1 Å². The van der Waals surface area contributed by atoms with Gasteiger partial charge in [-0.3, -0.25) is 4.79 Å². The molecule has 36 heavy (non-hydrogen) atoms. The fourth-order valence-electron chi connectivity index (χ4n) is 4.79. The average molecular weight is 505 g/mol. The summed E-state index contributed by atoms with van der Waals surface area (Å²) in [6, 6.07) is 17.9. The molecule has 0 radical (unpaired) electrons. The molecule has 1 amide bonds. The third-order valence-corrected chi connectivity index (χ3v) is 7.05. The first-order valence-electron chi connectivity index (χ1n) is 12.0. The van der Waals surface area contributed by atoms with Crippen LogP contribution in [0.25, 0.3) is 16.8 Å². The van der Waals surface area contributed by atoms with Crippen molar-refractivity contribution < 1.29 is 17.9 Å². The molecule has 1 aliphatic carbocycles. The number of carbonyl (C=O) groups is 1. The molecule has 2 aromatic heterocycles. The van der Waals surface area contributed by atoms with Gasteiger partial charge in [-0.2, -0.15) is 5.10 Å². The lowest BCUT2D eigenvalue weighted by Crippen LogP contribution is -2.29. The van der Waals surface area contributed by atoms with Gasteiger partial charge in [-0.1, -0.05) is 61.7 Å². The topological polar surface area (TPSA) is 103 Å². The van der Waals surface area contributed by atoms with Crippen LogP contribution >= 0.6 is 0 Å². The first-order chi connectivity index (χ1) is 17.4. The maximum absolute atomic E-state index is 12.6. The van der Waals surface area contributed by atoms with Crippen molar-refractivity contribution in [1.82, 2.24) is 19.3 Å². The molecule has 2 aromatic carbocycles. The minimum Gasteiger partial charge on any atom is -0.489 e. The van der Waals surface area contributed by atoms with Crippen LogP contribution in [-0.4, -0.2) is 35.2 Å². The van der Waals surface area contributed by atoms with E-state index in [0.29, 0.717) is 12.3 Å². The van der Waals surface area contributed by atoms with Crippen molar-refractivity contribution in [2.75, 3.05) is 6.26 Å². The number of nitrogens with one attached hydrogen (secondary N) is 1. The van der Waals surface area contributed by atoms with Crippen molar-refractivity contribution in [3.63, 3.8) is 0 Å². The minimum atomic E-state index is -3.70. The zero-order valence-electron chi connectivity index (χ0n) is 20.1. The number of amides is 1.